The minimum atomic E-state index is 0.546. The van der Waals surface area contributed by atoms with Crippen molar-refractivity contribution < 1.29 is 4.74 Å². The Morgan fingerprint density at radius 1 is 1.33 bits per heavy atom. The number of methoxy groups -OCH3 is 1. The minimum Gasteiger partial charge on any atom is -0.383 e. The van der Waals surface area contributed by atoms with E-state index >= 15 is 0 Å². The number of nitrogens with two attached hydrogens (primary N) is 1. The molecule has 5 heteroatoms. The van der Waals surface area contributed by atoms with Crippen LogP contribution in [-0.4, -0.2) is 32.8 Å². The number of benzene rings is 1. The van der Waals surface area contributed by atoms with Gasteiger partial charge in [0.2, 0.25) is 0 Å². The van der Waals surface area contributed by atoms with E-state index in [0.717, 1.165) is 30.3 Å². The summed E-state index contributed by atoms with van der Waals surface area (Å²) in [4.78, 5) is 4.37. The maximum absolute atomic E-state index is 5.87. The van der Waals surface area contributed by atoms with Crippen LogP contribution in [0.4, 0.5) is 5.69 Å². The molecular formula is C16H26N4O. The second kappa shape index (κ2) is 8.52. The number of nitrogens with zero attached hydrogens (tertiary/aromatic N) is 1. The summed E-state index contributed by atoms with van der Waals surface area (Å²) in [7, 11) is 1.70. The molecule has 4 N–H and O–H groups in total. The normalized spacial score (nSPS) is 15.6. The van der Waals surface area contributed by atoms with E-state index in [4.69, 9.17) is 10.5 Å². The Morgan fingerprint density at radius 3 is 2.71 bits per heavy atom. The van der Waals surface area contributed by atoms with Crippen molar-refractivity contribution in [2.45, 2.75) is 25.8 Å². The molecule has 1 aromatic rings. The van der Waals surface area contributed by atoms with E-state index in [-0.39, 0.29) is 0 Å². The summed E-state index contributed by atoms with van der Waals surface area (Å²) >= 11 is 0. The maximum Gasteiger partial charge on any atom is 0.188 e. The molecule has 0 atom stereocenters. The molecule has 1 aliphatic carbocycles. The van der Waals surface area contributed by atoms with Gasteiger partial charge < -0.3 is 21.1 Å². The van der Waals surface area contributed by atoms with Gasteiger partial charge in [-0.25, -0.2) is 4.99 Å². The number of aliphatic imine (C=N–C) groups is 1. The molecule has 0 heterocycles. The van der Waals surface area contributed by atoms with Gasteiger partial charge in [-0.3, -0.25) is 0 Å². The Labute approximate surface area is 127 Å². The predicted molar refractivity (Wildman–Crippen MR) is 87.5 cm³/mol. The third kappa shape index (κ3) is 5.63. The van der Waals surface area contributed by atoms with Crippen molar-refractivity contribution in [2.24, 2.45) is 16.6 Å². The molecule has 0 aromatic heterocycles. The smallest absolute Gasteiger partial charge is 0.188 e. The van der Waals surface area contributed by atoms with Crippen LogP contribution in [0, 0.1) is 5.92 Å². The lowest BCUT2D eigenvalue weighted by Gasteiger charge is -2.25. The van der Waals surface area contributed by atoms with Crippen LogP contribution in [-0.2, 0) is 11.3 Å². The number of anilines is 1. The number of rotatable bonds is 8. The molecule has 1 saturated carbocycles. The van der Waals surface area contributed by atoms with Gasteiger partial charge in [0.15, 0.2) is 5.96 Å². The number of hydrogen-bond acceptors (Lipinski definition) is 3. The lowest BCUT2D eigenvalue weighted by molar-refractivity contribution is 0.211. The predicted octanol–water partition coefficient (Wildman–Crippen LogP) is 1.95. The summed E-state index contributed by atoms with van der Waals surface area (Å²) < 4.78 is 5.00. The van der Waals surface area contributed by atoms with Crippen molar-refractivity contribution in [2.75, 3.05) is 32.1 Å². The Hall–Kier alpha value is -1.75. The van der Waals surface area contributed by atoms with Gasteiger partial charge in [-0.15, -0.1) is 0 Å². The number of ether oxygens (including phenoxy) is 1. The molecule has 1 fully saturated rings. The van der Waals surface area contributed by atoms with E-state index in [1.54, 1.807) is 7.11 Å². The SMILES string of the molecule is COCCNc1ccc(CN=C(N)NCC2CCC2)cc1. The first-order valence-electron chi connectivity index (χ1n) is 7.63. The second-order valence-electron chi connectivity index (χ2n) is 5.50. The van der Waals surface area contributed by atoms with E-state index in [0.29, 0.717) is 19.1 Å². The molecule has 1 aromatic carbocycles. The van der Waals surface area contributed by atoms with E-state index in [9.17, 15) is 0 Å². The molecule has 0 radical (unpaired) electrons. The van der Waals surface area contributed by atoms with Crippen molar-refractivity contribution in [3.63, 3.8) is 0 Å². The molecule has 1 aliphatic rings. The molecule has 2 rings (SSSR count). The van der Waals surface area contributed by atoms with Gasteiger partial charge in [-0.05, 0) is 36.5 Å². The quantitative estimate of drug-likeness (QED) is 0.389. The lowest BCUT2D eigenvalue weighted by atomic mass is 9.85. The van der Waals surface area contributed by atoms with Crippen molar-refractivity contribution in [3.8, 4) is 0 Å². The van der Waals surface area contributed by atoms with Crippen LogP contribution >= 0.6 is 0 Å². The monoisotopic (exact) mass is 290 g/mol. The Bertz CT molecular complexity index is 440. The van der Waals surface area contributed by atoms with Crippen LogP contribution in [0.3, 0.4) is 0 Å². The third-order valence-electron chi connectivity index (χ3n) is 3.82. The fraction of sp³-hybridized carbons (Fsp3) is 0.562. The molecule has 0 amide bonds. The minimum absolute atomic E-state index is 0.546. The van der Waals surface area contributed by atoms with Gasteiger partial charge in [-0.1, -0.05) is 18.6 Å². The fourth-order valence-corrected chi connectivity index (χ4v) is 2.20. The molecular weight excluding hydrogens is 264 g/mol. The lowest BCUT2D eigenvalue weighted by Crippen LogP contribution is -2.37. The third-order valence-corrected chi connectivity index (χ3v) is 3.82. The molecule has 5 nitrogen and oxygen atoms in total. The van der Waals surface area contributed by atoms with E-state index in [1.165, 1.54) is 19.3 Å². The molecule has 0 spiro atoms. The fourth-order valence-electron chi connectivity index (χ4n) is 2.20. The van der Waals surface area contributed by atoms with Gasteiger partial charge in [0.05, 0.1) is 13.2 Å². The van der Waals surface area contributed by atoms with Crippen molar-refractivity contribution >= 4 is 11.6 Å². The van der Waals surface area contributed by atoms with Gasteiger partial charge in [0, 0.05) is 25.9 Å². The second-order valence-corrected chi connectivity index (χ2v) is 5.50. The molecule has 116 valence electrons. The highest BCUT2D eigenvalue weighted by atomic mass is 16.5. The number of hydrogen-bond donors (Lipinski definition) is 3. The van der Waals surface area contributed by atoms with Crippen LogP contribution in [0.1, 0.15) is 24.8 Å². The topological polar surface area (TPSA) is 71.7 Å². The van der Waals surface area contributed by atoms with Gasteiger partial charge in [-0.2, -0.15) is 0 Å². The van der Waals surface area contributed by atoms with Gasteiger partial charge in [0.25, 0.3) is 0 Å². The summed E-state index contributed by atoms with van der Waals surface area (Å²) in [5.41, 5.74) is 8.12. The first kappa shape index (κ1) is 15.6. The van der Waals surface area contributed by atoms with E-state index < -0.39 is 0 Å². The Balaban J connectivity index is 1.71. The number of nitrogens with one attached hydrogen (secondary N) is 2. The van der Waals surface area contributed by atoms with Crippen LogP contribution in [0.15, 0.2) is 29.3 Å². The van der Waals surface area contributed by atoms with Crippen LogP contribution in [0.5, 0.6) is 0 Å². The Morgan fingerprint density at radius 2 is 2.10 bits per heavy atom. The van der Waals surface area contributed by atoms with Crippen LogP contribution in [0.2, 0.25) is 0 Å². The molecule has 0 saturated heterocycles. The van der Waals surface area contributed by atoms with Gasteiger partial charge in [0.1, 0.15) is 0 Å². The summed E-state index contributed by atoms with van der Waals surface area (Å²) in [5, 5.41) is 6.49. The zero-order chi connectivity index (χ0) is 14.9. The first-order valence-corrected chi connectivity index (χ1v) is 7.63. The zero-order valence-electron chi connectivity index (χ0n) is 12.8. The summed E-state index contributed by atoms with van der Waals surface area (Å²) in [6.45, 7) is 3.08. The standard InChI is InChI=1S/C16H26N4O/c1-21-10-9-18-15-7-5-14(6-8-15)12-20-16(17)19-11-13-3-2-4-13/h5-8,13,18H,2-4,9-12H2,1H3,(H3,17,19,20). The van der Waals surface area contributed by atoms with Crippen molar-refractivity contribution in [3.05, 3.63) is 29.8 Å². The average molecular weight is 290 g/mol. The highest BCUT2D eigenvalue weighted by Crippen LogP contribution is 2.24. The largest absolute Gasteiger partial charge is 0.383 e. The van der Waals surface area contributed by atoms with Crippen LogP contribution in [0.25, 0.3) is 0 Å². The van der Waals surface area contributed by atoms with Crippen molar-refractivity contribution in [1.29, 1.82) is 0 Å². The van der Waals surface area contributed by atoms with E-state index in [1.807, 2.05) is 0 Å². The summed E-state index contributed by atoms with van der Waals surface area (Å²) in [5.74, 6) is 1.33. The Kier molecular flexibility index (Phi) is 6.34. The molecule has 0 bridgehead atoms. The average Bonchev–Trinajstić information content (AvgIpc) is 2.45. The van der Waals surface area contributed by atoms with Crippen molar-refractivity contribution in [1.82, 2.24) is 5.32 Å². The molecule has 0 aliphatic heterocycles. The summed E-state index contributed by atoms with van der Waals surface area (Å²) in [6.07, 6.45) is 3.99. The molecule has 21 heavy (non-hydrogen) atoms. The zero-order valence-corrected chi connectivity index (χ0v) is 12.8. The summed E-state index contributed by atoms with van der Waals surface area (Å²) in [6, 6.07) is 8.24. The van der Waals surface area contributed by atoms with Crippen LogP contribution < -0.4 is 16.4 Å². The molecule has 0 unspecified atom stereocenters. The maximum atomic E-state index is 5.87. The number of guanidine groups is 1. The highest BCUT2D eigenvalue weighted by molar-refractivity contribution is 5.77. The van der Waals surface area contributed by atoms with Gasteiger partial charge >= 0.3 is 0 Å². The highest BCUT2D eigenvalue weighted by Gasteiger charge is 2.16. The first-order chi connectivity index (χ1) is 10.3. The van der Waals surface area contributed by atoms with E-state index in [2.05, 4.69) is 39.9 Å².